The van der Waals surface area contributed by atoms with E-state index in [2.05, 4.69) is 6.07 Å². The summed E-state index contributed by atoms with van der Waals surface area (Å²) in [6.07, 6.45) is -3.45. The van der Waals surface area contributed by atoms with Crippen molar-refractivity contribution in [3.05, 3.63) is 53.3 Å². The van der Waals surface area contributed by atoms with Gasteiger partial charge in [0, 0.05) is 11.8 Å². The minimum Gasteiger partial charge on any atom is -0.489 e. The molecule has 2 aromatic rings. The van der Waals surface area contributed by atoms with Crippen LogP contribution in [0.3, 0.4) is 0 Å². The molecule has 2 fully saturated rings. The van der Waals surface area contributed by atoms with Crippen LogP contribution in [0.5, 0.6) is 5.75 Å². The number of anilines is 2. The van der Waals surface area contributed by atoms with Crippen LogP contribution in [0, 0.1) is 33.9 Å². The first-order valence-electron chi connectivity index (χ1n) is 10.5. The quantitative estimate of drug-likeness (QED) is 0.407. The van der Waals surface area contributed by atoms with Gasteiger partial charge < -0.3 is 9.64 Å². The van der Waals surface area contributed by atoms with Crippen molar-refractivity contribution in [2.75, 3.05) is 16.4 Å². The number of carbonyl (C=O) groups is 1. The van der Waals surface area contributed by atoms with Crippen molar-refractivity contribution in [1.82, 2.24) is 0 Å². The minimum absolute atomic E-state index is 0.0554. The fourth-order valence-electron chi connectivity index (χ4n) is 3.86. The van der Waals surface area contributed by atoms with Gasteiger partial charge in [-0.25, -0.2) is 4.39 Å². The van der Waals surface area contributed by atoms with Crippen molar-refractivity contribution in [2.24, 2.45) is 5.41 Å². The summed E-state index contributed by atoms with van der Waals surface area (Å²) in [5, 5.41) is 18.0. The molecule has 0 radical (unpaired) electrons. The lowest BCUT2D eigenvalue weighted by atomic mass is 10.0. The highest BCUT2D eigenvalue weighted by Crippen LogP contribution is 2.45. The summed E-state index contributed by atoms with van der Waals surface area (Å²) in [6.45, 7) is 3.09. The van der Waals surface area contributed by atoms with Gasteiger partial charge in [-0.2, -0.15) is 23.7 Å². The summed E-state index contributed by atoms with van der Waals surface area (Å²) in [5.74, 6) is -1.42. The van der Waals surface area contributed by atoms with Gasteiger partial charge in [0.15, 0.2) is 16.7 Å². The minimum atomic E-state index is -4.82. The van der Waals surface area contributed by atoms with E-state index in [1.165, 1.54) is 43.0 Å². The van der Waals surface area contributed by atoms with Crippen molar-refractivity contribution >= 4 is 34.6 Å². The Morgan fingerprint density at radius 1 is 1.11 bits per heavy atom. The Kier molecular flexibility index (Phi) is 5.73. The highest BCUT2D eigenvalue weighted by Gasteiger charge is 2.51. The highest BCUT2D eigenvalue weighted by atomic mass is 32.1. The number of rotatable bonds is 5. The largest absolute Gasteiger partial charge is 0.489 e. The second kappa shape index (κ2) is 8.21. The van der Waals surface area contributed by atoms with Crippen molar-refractivity contribution in [2.45, 2.75) is 38.4 Å². The number of amides is 1. The van der Waals surface area contributed by atoms with Crippen LogP contribution in [-0.2, 0) is 11.0 Å². The SMILES string of the molecule is CC1(C)C(=O)N(c2ccc(C#N)c(C(F)(F)F)c2)C(=S)N1c1ccc(OCC2(C#N)CC2)c(F)c1. The number of nitriles is 2. The zero-order chi connectivity index (χ0) is 25.8. The Morgan fingerprint density at radius 3 is 2.31 bits per heavy atom. The van der Waals surface area contributed by atoms with Crippen LogP contribution in [0.15, 0.2) is 36.4 Å². The molecule has 1 aliphatic heterocycles. The fourth-order valence-corrected chi connectivity index (χ4v) is 4.38. The molecule has 1 saturated carbocycles. The van der Waals surface area contributed by atoms with Crippen LogP contribution >= 0.6 is 12.2 Å². The summed E-state index contributed by atoms with van der Waals surface area (Å²) < 4.78 is 60.7. The number of hydrogen-bond acceptors (Lipinski definition) is 5. The van der Waals surface area contributed by atoms with Gasteiger partial charge in [0.2, 0.25) is 0 Å². The van der Waals surface area contributed by atoms with E-state index in [0.29, 0.717) is 18.9 Å². The number of alkyl halides is 3. The zero-order valence-electron chi connectivity index (χ0n) is 18.6. The maximum absolute atomic E-state index is 14.8. The molecule has 4 rings (SSSR count). The second-order valence-electron chi connectivity index (χ2n) is 8.95. The van der Waals surface area contributed by atoms with Gasteiger partial charge in [0.25, 0.3) is 5.91 Å². The number of ether oxygens (including phenoxy) is 1. The Labute approximate surface area is 203 Å². The van der Waals surface area contributed by atoms with Gasteiger partial charge in [-0.05, 0) is 69.2 Å². The van der Waals surface area contributed by atoms with Crippen LogP contribution in [0.2, 0.25) is 0 Å². The molecule has 1 aliphatic carbocycles. The summed E-state index contributed by atoms with van der Waals surface area (Å²) >= 11 is 5.45. The summed E-state index contributed by atoms with van der Waals surface area (Å²) in [4.78, 5) is 15.5. The smallest absolute Gasteiger partial charge is 0.417 e. The molecule has 0 unspecified atom stereocenters. The first-order valence-corrected chi connectivity index (χ1v) is 10.9. The average molecular weight is 502 g/mol. The maximum atomic E-state index is 14.8. The number of hydrogen-bond donors (Lipinski definition) is 0. The predicted octanol–water partition coefficient (Wildman–Crippen LogP) is 5.32. The molecule has 6 nitrogen and oxygen atoms in total. The normalized spacial score (nSPS) is 18.3. The van der Waals surface area contributed by atoms with Crippen LogP contribution in [0.25, 0.3) is 0 Å². The predicted molar refractivity (Wildman–Crippen MR) is 122 cm³/mol. The molecule has 35 heavy (non-hydrogen) atoms. The van der Waals surface area contributed by atoms with Crippen LogP contribution < -0.4 is 14.5 Å². The van der Waals surface area contributed by atoms with E-state index >= 15 is 0 Å². The van der Waals surface area contributed by atoms with Crippen molar-refractivity contribution in [3.8, 4) is 17.9 Å². The third kappa shape index (κ3) is 4.17. The zero-order valence-corrected chi connectivity index (χ0v) is 19.4. The summed E-state index contributed by atoms with van der Waals surface area (Å²) in [6, 6.07) is 10.5. The molecule has 0 atom stereocenters. The first-order chi connectivity index (χ1) is 16.3. The summed E-state index contributed by atoms with van der Waals surface area (Å²) in [5.41, 5.74) is -3.68. The van der Waals surface area contributed by atoms with Crippen LogP contribution in [0.4, 0.5) is 28.9 Å². The van der Waals surface area contributed by atoms with Gasteiger partial charge in [-0.1, -0.05) is 0 Å². The molecule has 0 aromatic heterocycles. The summed E-state index contributed by atoms with van der Waals surface area (Å²) in [7, 11) is 0. The van der Waals surface area contributed by atoms with Crippen LogP contribution in [0.1, 0.15) is 37.8 Å². The van der Waals surface area contributed by atoms with Gasteiger partial charge in [0.05, 0.1) is 34.4 Å². The number of carbonyl (C=O) groups excluding carboxylic acids is 1. The van der Waals surface area contributed by atoms with E-state index in [1.54, 1.807) is 0 Å². The Morgan fingerprint density at radius 2 is 1.77 bits per heavy atom. The maximum Gasteiger partial charge on any atom is 0.417 e. The molecular formula is C24H18F4N4O2S. The number of benzene rings is 2. The first kappa shape index (κ1) is 24.4. The molecule has 2 aromatic carbocycles. The Bertz CT molecular complexity index is 1320. The number of nitrogens with zero attached hydrogens (tertiary/aromatic N) is 4. The van der Waals surface area contributed by atoms with Crippen molar-refractivity contribution in [3.63, 3.8) is 0 Å². The monoisotopic (exact) mass is 502 g/mol. The lowest BCUT2D eigenvalue weighted by Crippen LogP contribution is -2.44. The van der Waals surface area contributed by atoms with E-state index in [1.807, 2.05) is 0 Å². The molecule has 11 heteroatoms. The second-order valence-corrected chi connectivity index (χ2v) is 9.32. The van der Waals surface area contributed by atoms with Gasteiger partial charge in [0.1, 0.15) is 12.1 Å². The molecule has 1 heterocycles. The van der Waals surface area contributed by atoms with Gasteiger partial charge >= 0.3 is 6.18 Å². The van der Waals surface area contributed by atoms with Crippen molar-refractivity contribution in [1.29, 1.82) is 10.5 Å². The third-order valence-corrected chi connectivity index (χ3v) is 6.49. The van der Waals surface area contributed by atoms with Crippen molar-refractivity contribution < 1.29 is 27.1 Å². The molecule has 0 bridgehead atoms. The number of thiocarbonyl (C=S) groups is 1. The van der Waals surface area contributed by atoms with E-state index < -0.39 is 40.0 Å². The van der Waals surface area contributed by atoms with Gasteiger partial charge in [-0.3, -0.25) is 9.69 Å². The van der Waals surface area contributed by atoms with E-state index in [-0.39, 0.29) is 28.8 Å². The Balaban J connectivity index is 1.67. The number of halogens is 4. The van der Waals surface area contributed by atoms with E-state index in [4.69, 9.17) is 27.5 Å². The lowest BCUT2D eigenvalue weighted by molar-refractivity contribution is -0.137. The van der Waals surface area contributed by atoms with E-state index in [0.717, 1.165) is 17.0 Å². The molecule has 0 spiro atoms. The lowest BCUT2D eigenvalue weighted by Gasteiger charge is -2.29. The molecule has 180 valence electrons. The molecular weight excluding hydrogens is 484 g/mol. The van der Waals surface area contributed by atoms with Crippen LogP contribution in [-0.4, -0.2) is 23.2 Å². The van der Waals surface area contributed by atoms with Gasteiger partial charge in [-0.15, -0.1) is 0 Å². The fraction of sp³-hybridized carbons (Fsp3) is 0.333. The van der Waals surface area contributed by atoms with E-state index in [9.17, 15) is 22.4 Å². The standard InChI is InChI=1S/C24H18F4N4O2S/c1-22(2)20(33)31(15-4-3-14(11-29)17(9-15)24(26,27)28)21(35)32(22)16-5-6-19(18(25)10-16)34-13-23(12-30)7-8-23/h3-6,9-10H,7-8,13H2,1-2H3. The topological polar surface area (TPSA) is 80.4 Å². The molecule has 1 saturated heterocycles. The molecule has 2 aliphatic rings. The third-order valence-electron chi connectivity index (χ3n) is 6.12. The average Bonchev–Trinajstić information content (AvgIpc) is 3.55. The molecule has 0 N–H and O–H groups in total. The molecule has 1 amide bonds. The highest BCUT2D eigenvalue weighted by molar-refractivity contribution is 7.81. The Hall–Kier alpha value is -3.70.